The number of carbonyl (C=O) groups is 2. The van der Waals surface area contributed by atoms with Gasteiger partial charge in [0.25, 0.3) is 5.69 Å². The molecule has 2 rings (SSSR count). The van der Waals surface area contributed by atoms with Gasteiger partial charge in [0.05, 0.1) is 17.7 Å². The monoisotopic (exact) mass is 348 g/mol. The highest BCUT2D eigenvalue weighted by molar-refractivity contribution is 5.95. The van der Waals surface area contributed by atoms with Crippen molar-refractivity contribution in [1.82, 2.24) is 0 Å². The molecule has 0 saturated carbocycles. The molecule has 0 unspecified atom stereocenters. The summed E-state index contributed by atoms with van der Waals surface area (Å²) in [5.41, 5.74) is 1.68. The summed E-state index contributed by atoms with van der Waals surface area (Å²) in [5.74, 6) is -0.161. The maximum atomic E-state index is 12.4. The molecule has 1 heterocycles. The van der Waals surface area contributed by atoms with E-state index in [1.807, 2.05) is 0 Å². The third-order valence-electron chi connectivity index (χ3n) is 4.48. The van der Waals surface area contributed by atoms with Gasteiger partial charge >= 0.3 is 5.97 Å². The third-order valence-corrected chi connectivity index (χ3v) is 4.48. The zero-order valence-electron chi connectivity index (χ0n) is 14.5. The van der Waals surface area contributed by atoms with Gasteiger partial charge in [-0.2, -0.15) is 0 Å². The number of hydrogen-bond donors (Lipinski definition) is 0. The highest BCUT2D eigenvalue weighted by atomic mass is 16.6. The number of nitrogens with zero attached hydrogens (tertiary/aromatic N) is 2. The van der Waals surface area contributed by atoms with Crippen LogP contribution in [0.4, 0.5) is 11.4 Å². The number of nitro groups is 1. The van der Waals surface area contributed by atoms with Gasteiger partial charge < -0.3 is 9.64 Å². The lowest BCUT2D eigenvalue weighted by Crippen LogP contribution is -2.28. The molecule has 7 heteroatoms. The van der Waals surface area contributed by atoms with Crippen molar-refractivity contribution < 1.29 is 19.2 Å². The van der Waals surface area contributed by atoms with E-state index in [1.54, 1.807) is 11.0 Å². The second-order valence-corrected chi connectivity index (χ2v) is 6.21. The Morgan fingerprint density at radius 3 is 2.52 bits per heavy atom. The van der Waals surface area contributed by atoms with Gasteiger partial charge in [-0.05, 0) is 24.8 Å². The van der Waals surface area contributed by atoms with Crippen LogP contribution in [0.2, 0.25) is 0 Å². The first-order valence-electron chi connectivity index (χ1n) is 8.67. The zero-order chi connectivity index (χ0) is 18.2. The lowest BCUT2D eigenvalue weighted by atomic mass is 10.1. The third kappa shape index (κ3) is 5.27. The average molecular weight is 348 g/mol. The molecule has 1 aromatic rings. The molecule has 0 aliphatic carbocycles. The molecular formula is C18H24N2O5. The fourth-order valence-corrected chi connectivity index (χ4v) is 3.05. The summed E-state index contributed by atoms with van der Waals surface area (Å²) >= 11 is 0. The standard InChI is InChI=1S/C18H24N2O5/c1-25-18(22)8-6-4-2-3-5-7-17(21)19-12-11-14-9-10-15(20(23)24)13-16(14)19/h9-10,13H,2-8,11-12H2,1H3. The van der Waals surface area contributed by atoms with E-state index in [1.165, 1.54) is 19.2 Å². The Hall–Kier alpha value is -2.44. The number of nitro benzene ring substituents is 1. The Morgan fingerprint density at radius 2 is 1.84 bits per heavy atom. The number of hydrogen-bond acceptors (Lipinski definition) is 5. The fourth-order valence-electron chi connectivity index (χ4n) is 3.05. The summed E-state index contributed by atoms with van der Waals surface area (Å²) in [7, 11) is 1.39. The van der Waals surface area contributed by atoms with Crippen LogP contribution in [0, 0.1) is 10.1 Å². The van der Waals surface area contributed by atoms with Gasteiger partial charge in [0.15, 0.2) is 0 Å². The first-order valence-corrected chi connectivity index (χ1v) is 8.67. The number of benzene rings is 1. The number of rotatable bonds is 9. The predicted octanol–water partition coefficient (Wildman–Crippen LogP) is 3.39. The number of carbonyl (C=O) groups excluding carboxylic acids is 2. The molecule has 0 saturated heterocycles. The molecule has 1 aliphatic rings. The fraction of sp³-hybridized carbons (Fsp3) is 0.556. The van der Waals surface area contributed by atoms with Crippen LogP contribution in [-0.2, 0) is 20.7 Å². The minimum Gasteiger partial charge on any atom is -0.469 e. The van der Waals surface area contributed by atoms with Crippen LogP contribution >= 0.6 is 0 Å². The summed E-state index contributed by atoms with van der Waals surface area (Å²) < 4.78 is 4.59. The van der Waals surface area contributed by atoms with Crippen molar-refractivity contribution in [3.63, 3.8) is 0 Å². The SMILES string of the molecule is COC(=O)CCCCCCCC(=O)N1CCc2ccc([N+](=O)[O-])cc21. The molecule has 25 heavy (non-hydrogen) atoms. The van der Waals surface area contributed by atoms with E-state index in [0.717, 1.165) is 44.1 Å². The Labute approximate surface area is 147 Å². The van der Waals surface area contributed by atoms with Gasteiger partial charge in [-0.25, -0.2) is 0 Å². The molecular weight excluding hydrogens is 324 g/mol. The summed E-state index contributed by atoms with van der Waals surface area (Å²) in [6.45, 7) is 0.592. The van der Waals surface area contributed by atoms with E-state index in [0.29, 0.717) is 25.1 Å². The molecule has 0 radical (unpaired) electrons. The van der Waals surface area contributed by atoms with Gasteiger partial charge in [0, 0.05) is 31.5 Å². The van der Waals surface area contributed by atoms with Crippen LogP contribution in [0.15, 0.2) is 18.2 Å². The average Bonchev–Trinajstić information content (AvgIpc) is 3.03. The number of fused-ring (bicyclic) bond motifs is 1. The smallest absolute Gasteiger partial charge is 0.305 e. The number of unbranched alkanes of at least 4 members (excludes halogenated alkanes) is 4. The van der Waals surface area contributed by atoms with Gasteiger partial charge in [0.1, 0.15) is 0 Å². The maximum Gasteiger partial charge on any atom is 0.305 e. The molecule has 0 fully saturated rings. The highest BCUT2D eigenvalue weighted by Gasteiger charge is 2.26. The van der Waals surface area contributed by atoms with E-state index in [2.05, 4.69) is 4.74 Å². The normalized spacial score (nSPS) is 12.8. The number of esters is 1. The molecule has 1 aromatic carbocycles. The van der Waals surface area contributed by atoms with Crippen molar-refractivity contribution in [2.45, 2.75) is 51.4 Å². The van der Waals surface area contributed by atoms with Crippen LogP contribution < -0.4 is 4.90 Å². The van der Waals surface area contributed by atoms with Crippen LogP contribution in [-0.4, -0.2) is 30.5 Å². The number of amides is 1. The molecule has 0 N–H and O–H groups in total. The Balaban J connectivity index is 1.73. The molecule has 7 nitrogen and oxygen atoms in total. The van der Waals surface area contributed by atoms with Crippen LogP contribution in [0.5, 0.6) is 0 Å². The molecule has 0 spiro atoms. The van der Waals surface area contributed by atoms with Crippen molar-refractivity contribution in [1.29, 1.82) is 0 Å². The Bertz CT molecular complexity index is 644. The molecule has 1 amide bonds. The molecule has 136 valence electrons. The minimum atomic E-state index is -0.435. The van der Waals surface area contributed by atoms with Crippen LogP contribution in [0.25, 0.3) is 0 Å². The number of ether oxygens (including phenoxy) is 1. The maximum absolute atomic E-state index is 12.4. The van der Waals surface area contributed by atoms with Crippen LogP contribution in [0.3, 0.4) is 0 Å². The summed E-state index contributed by atoms with van der Waals surface area (Å²) in [5, 5.41) is 10.9. The second-order valence-electron chi connectivity index (χ2n) is 6.21. The second kappa shape index (κ2) is 9.15. The van der Waals surface area contributed by atoms with Gasteiger partial charge in [0.2, 0.25) is 5.91 Å². The topological polar surface area (TPSA) is 89.8 Å². The number of non-ortho nitro benzene ring substituents is 1. The molecule has 0 bridgehead atoms. The van der Waals surface area contributed by atoms with Gasteiger partial charge in [-0.1, -0.05) is 25.3 Å². The van der Waals surface area contributed by atoms with Gasteiger partial charge in [-0.3, -0.25) is 19.7 Å². The predicted molar refractivity (Wildman–Crippen MR) is 93.5 cm³/mol. The van der Waals surface area contributed by atoms with E-state index in [-0.39, 0.29) is 17.6 Å². The largest absolute Gasteiger partial charge is 0.469 e. The van der Waals surface area contributed by atoms with Crippen molar-refractivity contribution in [3.8, 4) is 0 Å². The van der Waals surface area contributed by atoms with Crippen molar-refractivity contribution >= 4 is 23.3 Å². The first-order chi connectivity index (χ1) is 12.0. The Morgan fingerprint density at radius 1 is 1.16 bits per heavy atom. The number of anilines is 1. The van der Waals surface area contributed by atoms with Gasteiger partial charge in [-0.15, -0.1) is 0 Å². The van der Waals surface area contributed by atoms with E-state index in [4.69, 9.17) is 0 Å². The Kier molecular flexibility index (Phi) is 6.91. The lowest BCUT2D eigenvalue weighted by Gasteiger charge is -2.17. The lowest BCUT2D eigenvalue weighted by molar-refractivity contribution is -0.384. The summed E-state index contributed by atoms with van der Waals surface area (Å²) in [6.07, 6.45) is 6.09. The van der Waals surface area contributed by atoms with Crippen molar-refractivity contribution in [3.05, 3.63) is 33.9 Å². The van der Waals surface area contributed by atoms with Crippen molar-refractivity contribution in [2.75, 3.05) is 18.6 Å². The van der Waals surface area contributed by atoms with E-state index < -0.39 is 4.92 Å². The summed E-state index contributed by atoms with van der Waals surface area (Å²) in [4.78, 5) is 35.5. The zero-order valence-corrected chi connectivity index (χ0v) is 14.5. The highest BCUT2D eigenvalue weighted by Crippen LogP contribution is 2.32. The van der Waals surface area contributed by atoms with Crippen LogP contribution in [0.1, 0.15) is 50.5 Å². The molecule has 0 atom stereocenters. The van der Waals surface area contributed by atoms with E-state index in [9.17, 15) is 19.7 Å². The molecule has 1 aliphatic heterocycles. The minimum absolute atomic E-state index is 0.0176. The molecule has 0 aromatic heterocycles. The van der Waals surface area contributed by atoms with E-state index >= 15 is 0 Å². The first kappa shape index (κ1) is 18.9. The summed E-state index contributed by atoms with van der Waals surface area (Å²) in [6, 6.07) is 4.72. The van der Waals surface area contributed by atoms with Crippen molar-refractivity contribution in [2.24, 2.45) is 0 Å². The quantitative estimate of drug-likeness (QED) is 0.295. The number of methoxy groups -OCH3 is 1.